The van der Waals surface area contributed by atoms with Gasteiger partial charge in [0.1, 0.15) is 17.2 Å². The molecule has 0 unspecified atom stereocenters. The smallest absolute Gasteiger partial charge is 0.343 e. The lowest BCUT2D eigenvalue weighted by molar-refractivity contribution is -0.137. The number of carbonyl (C=O) groups is 2. The minimum atomic E-state index is -0.400. The topological polar surface area (TPSA) is 71.1 Å². The van der Waals surface area contributed by atoms with Crippen LogP contribution in [-0.2, 0) is 9.53 Å². The molecule has 2 aromatic carbocycles. The van der Waals surface area contributed by atoms with Gasteiger partial charge in [-0.05, 0) is 67.8 Å². The Morgan fingerprint density at radius 1 is 0.649 bits per heavy atom. The molecule has 0 saturated heterocycles. The van der Waals surface area contributed by atoms with Gasteiger partial charge in [-0.25, -0.2) is 9.59 Å². The number of hydrogen-bond acceptors (Lipinski definition) is 6. The molecule has 0 saturated carbocycles. The average molecular weight is 511 g/mol. The van der Waals surface area contributed by atoms with Crippen molar-refractivity contribution in [2.24, 2.45) is 0 Å². The van der Waals surface area contributed by atoms with Crippen LogP contribution in [0, 0.1) is 0 Å². The number of unbranched alkanes of at least 4 members (excludes halogenated alkanes) is 9. The Hall–Kier alpha value is -3.28. The first kappa shape index (κ1) is 29.9. The van der Waals surface area contributed by atoms with Crippen LogP contribution in [0.15, 0.2) is 61.2 Å². The summed E-state index contributed by atoms with van der Waals surface area (Å²) in [6, 6.07) is 14.1. The predicted octanol–water partition coefficient (Wildman–Crippen LogP) is 7.70. The van der Waals surface area contributed by atoms with Gasteiger partial charge in [0.05, 0.1) is 25.4 Å². The fourth-order valence-corrected chi connectivity index (χ4v) is 3.72. The van der Waals surface area contributed by atoms with E-state index >= 15 is 0 Å². The maximum absolute atomic E-state index is 12.4. The van der Waals surface area contributed by atoms with E-state index in [0.717, 1.165) is 43.6 Å². The van der Waals surface area contributed by atoms with Crippen LogP contribution in [0.5, 0.6) is 17.2 Å². The number of carbonyl (C=O) groups excluding carboxylic acids is 2. The van der Waals surface area contributed by atoms with Gasteiger partial charge in [0.2, 0.25) is 0 Å². The van der Waals surface area contributed by atoms with Crippen LogP contribution in [0.2, 0.25) is 0 Å². The highest BCUT2D eigenvalue weighted by atomic mass is 16.5. The lowest BCUT2D eigenvalue weighted by Crippen LogP contribution is -2.08. The van der Waals surface area contributed by atoms with E-state index in [1.807, 2.05) is 12.1 Å². The van der Waals surface area contributed by atoms with Gasteiger partial charge in [-0.15, -0.1) is 0 Å². The fraction of sp³-hybridized carbons (Fsp3) is 0.484. The van der Waals surface area contributed by atoms with E-state index in [1.165, 1.54) is 44.6 Å². The Kier molecular flexibility index (Phi) is 15.3. The number of esters is 2. The summed E-state index contributed by atoms with van der Waals surface area (Å²) in [7, 11) is 0. The van der Waals surface area contributed by atoms with E-state index in [4.69, 9.17) is 18.9 Å². The highest BCUT2D eigenvalue weighted by Crippen LogP contribution is 2.20. The summed E-state index contributed by atoms with van der Waals surface area (Å²) >= 11 is 0. The van der Waals surface area contributed by atoms with Gasteiger partial charge < -0.3 is 18.9 Å². The molecule has 37 heavy (non-hydrogen) atoms. The SMILES string of the molecule is C=CC(=O)OCCCCCCCCCCCCOc1ccc(C(=O)Oc2ccc(OCCC)cc2)cc1. The first-order chi connectivity index (χ1) is 18.1. The third-order valence-electron chi connectivity index (χ3n) is 5.82. The van der Waals surface area contributed by atoms with Crippen molar-refractivity contribution in [3.63, 3.8) is 0 Å². The fourth-order valence-electron chi connectivity index (χ4n) is 3.72. The molecule has 0 aliphatic rings. The molecule has 6 heteroatoms. The van der Waals surface area contributed by atoms with Crippen LogP contribution in [-0.4, -0.2) is 31.8 Å². The predicted molar refractivity (Wildman–Crippen MR) is 146 cm³/mol. The van der Waals surface area contributed by atoms with E-state index in [2.05, 4.69) is 13.5 Å². The summed E-state index contributed by atoms with van der Waals surface area (Å²) in [6.45, 7) is 7.26. The quantitative estimate of drug-likeness (QED) is 0.0786. The Labute approximate surface area is 222 Å². The zero-order valence-corrected chi connectivity index (χ0v) is 22.3. The third-order valence-corrected chi connectivity index (χ3v) is 5.82. The van der Waals surface area contributed by atoms with Crippen LogP contribution in [0.1, 0.15) is 87.9 Å². The molecule has 0 aliphatic carbocycles. The van der Waals surface area contributed by atoms with Crippen molar-refractivity contribution in [1.29, 1.82) is 0 Å². The van der Waals surface area contributed by atoms with Crippen molar-refractivity contribution in [2.45, 2.75) is 77.6 Å². The minimum absolute atomic E-state index is 0.336. The Bertz CT molecular complexity index is 904. The van der Waals surface area contributed by atoms with Gasteiger partial charge in [0.25, 0.3) is 0 Å². The Balaban J connectivity index is 1.48. The first-order valence-corrected chi connectivity index (χ1v) is 13.6. The number of hydrogen-bond donors (Lipinski definition) is 0. The van der Waals surface area contributed by atoms with E-state index in [9.17, 15) is 9.59 Å². The van der Waals surface area contributed by atoms with Crippen molar-refractivity contribution < 1.29 is 28.5 Å². The number of rotatable bonds is 20. The van der Waals surface area contributed by atoms with Crippen molar-refractivity contribution in [3.05, 3.63) is 66.7 Å². The molecule has 0 bridgehead atoms. The molecule has 2 rings (SSSR count). The highest BCUT2D eigenvalue weighted by Gasteiger charge is 2.09. The molecule has 0 spiro atoms. The molecule has 0 N–H and O–H groups in total. The molecule has 0 heterocycles. The normalized spacial score (nSPS) is 10.5. The zero-order chi connectivity index (χ0) is 26.6. The molecule has 0 fully saturated rings. The largest absolute Gasteiger partial charge is 0.494 e. The van der Waals surface area contributed by atoms with E-state index in [1.54, 1.807) is 36.4 Å². The standard InChI is InChI=1S/C31H42O6/c1-3-23-34-28-19-21-29(22-20-28)37-31(33)26-15-17-27(18-16-26)35-24-13-11-9-7-5-6-8-10-12-14-25-36-30(32)4-2/h4,15-22H,2-3,5-14,23-25H2,1H3. The Morgan fingerprint density at radius 2 is 1.11 bits per heavy atom. The number of ether oxygens (including phenoxy) is 4. The summed E-state index contributed by atoms with van der Waals surface area (Å²) in [5.41, 5.74) is 0.481. The lowest BCUT2D eigenvalue weighted by atomic mass is 10.1. The molecule has 0 aliphatic heterocycles. The van der Waals surface area contributed by atoms with Crippen molar-refractivity contribution in [2.75, 3.05) is 19.8 Å². The van der Waals surface area contributed by atoms with Crippen LogP contribution in [0.3, 0.4) is 0 Å². The average Bonchev–Trinajstić information content (AvgIpc) is 2.93. The van der Waals surface area contributed by atoms with Gasteiger partial charge in [-0.3, -0.25) is 0 Å². The Morgan fingerprint density at radius 3 is 1.65 bits per heavy atom. The van der Waals surface area contributed by atoms with Gasteiger partial charge >= 0.3 is 11.9 Å². The molecule has 6 nitrogen and oxygen atoms in total. The molecular weight excluding hydrogens is 468 g/mol. The molecule has 0 aromatic heterocycles. The summed E-state index contributed by atoms with van der Waals surface area (Å²) in [6.07, 6.45) is 13.8. The minimum Gasteiger partial charge on any atom is -0.494 e. The molecule has 202 valence electrons. The second-order valence-electron chi connectivity index (χ2n) is 8.99. The zero-order valence-electron chi connectivity index (χ0n) is 22.3. The van der Waals surface area contributed by atoms with Crippen LogP contribution in [0.25, 0.3) is 0 Å². The van der Waals surface area contributed by atoms with E-state index in [-0.39, 0.29) is 5.97 Å². The van der Waals surface area contributed by atoms with Gasteiger partial charge in [-0.1, -0.05) is 64.9 Å². The maximum atomic E-state index is 12.4. The molecule has 0 radical (unpaired) electrons. The van der Waals surface area contributed by atoms with Crippen LogP contribution < -0.4 is 14.2 Å². The summed E-state index contributed by atoms with van der Waals surface area (Å²) in [5.74, 6) is 1.27. The van der Waals surface area contributed by atoms with Crippen molar-refractivity contribution in [3.8, 4) is 17.2 Å². The van der Waals surface area contributed by atoms with Crippen LogP contribution in [0.4, 0.5) is 0 Å². The molecule has 0 atom stereocenters. The van der Waals surface area contributed by atoms with Crippen LogP contribution >= 0.6 is 0 Å². The van der Waals surface area contributed by atoms with Crippen molar-refractivity contribution >= 4 is 11.9 Å². The monoisotopic (exact) mass is 510 g/mol. The van der Waals surface area contributed by atoms with E-state index in [0.29, 0.717) is 31.1 Å². The van der Waals surface area contributed by atoms with Gasteiger partial charge in [0, 0.05) is 6.08 Å². The second-order valence-corrected chi connectivity index (χ2v) is 8.99. The summed E-state index contributed by atoms with van der Waals surface area (Å²) in [5, 5.41) is 0. The van der Waals surface area contributed by atoms with E-state index < -0.39 is 5.97 Å². The number of benzene rings is 2. The second kappa shape index (κ2) is 18.9. The first-order valence-electron chi connectivity index (χ1n) is 13.6. The van der Waals surface area contributed by atoms with Crippen molar-refractivity contribution in [1.82, 2.24) is 0 Å². The molecule has 2 aromatic rings. The maximum Gasteiger partial charge on any atom is 0.343 e. The summed E-state index contributed by atoms with van der Waals surface area (Å²) in [4.78, 5) is 23.3. The van der Waals surface area contributed by atoms with Gasteiger partial charge in [-0.2, -0.15) is 0 Å². The molecule has 0 amide bonds. The molecular formula is C31H42O6. The lowest BCUT2D eigenvalue weighted by Gasteiger charge is -2.08. The summed E-state index contributed by atoms with van der Waals surface area (Å²) < 4.78 is 21.8. The highest BCUT2D eigenvalue weighted by molar-refractivity contribution is 5.91. The third kappa shape index (κ3) is 13.6. The van der Waals surface area contributed by atoms with Gasteiger partial charge in [0.15, 0.2) is 0 Å².